The Morgan fingerprint density at radius 3 is 1.23 bits per heavy atom. The number of rotatable bonds is 19. The first-order valence-corrected chi connectivity index (χ1v) is 13.4. The van der Waals surface area contributed by atoms with Crippen molar-refractivity contribution in [2.24, 2.45) is 11.8 Å². The molecule has 3 N–H and O–H groups in total. The summed E-state index contributed by atoms with van der Waals surface area (Å²) in [6, 6.07) is 1.17. The van der Waals surface area contributed by atoms with E-state index < -0.39 is 17.9 Å². The average molecular weight is 491 g/mol. The van der Waals surface area contributed by atoms with Gasteiger partial charge < -0.3 is 15.3 Å². The number of carboxylic acids is 3. The van der Waals surface area contributed by atoms with Crippen molar-refractivity contribution in [3.8, 4) is 0 Å². The molecule has 0 unspecified atom stereocenters. The van der Waals surface area contributed by atoms with Gasteiger partial charge in [-0.1, -0.05) is 91.9 Å². The van der Waals surface area contributed by atoms with Crippen LogP contribution >= 0.6 is 0 Å². The van der Waals surface area contributed by atoms with Gasteiger partial charge in [0.1, 0.15) is 0 Å². The molecule has 1 aromatic rings. The van der Waals surface area contributed by atoms with E-state index in [1.807, 2.05) is 0 Å². The van der Waals surface area contributed by atoms with Crippen molar-refractivity contribution in [3.05, 3.63) is 33.9 Å². The Balaban J connectivity index is 3.00. The number of carboxylic acid groups (broad SMARTS) is 3. The molecule has 0 aromatic heterocycles. The van der Waals surface area contributed by atoms with Crippen LogP contribution in [0.25, 0.3) is 0 Å². The molecule has 6 nitrogen and oxygen atoms in total. The molecule has 0 aliphatic heterocycles. The maximum absolute atomic E-state index is 12.3. The molecule has 0 bridgehead atoms. The first-order chi connectivity index (χ1) is 16.6. The van der Waals surface area contributed by atoms with Crippen molar-refractivity contribution in [1.29, 1.82) is 0 Å². The van der Waals surface area contributed by atoms with Gasteiger partial charge in [0.25, 0.3) is 0 Å². The molecule has 0 heterocycles. The zero-order chi connectivity index (χ0) is 26.4. The van der Waals surface area contributed by atoms with Crippen molar-refractivity contribution < 1.29 is 29.7 Å². The number of aromatic carboxylic acids is 3. The third kappa shape index (κ3) is 11.3. The molecular formula is C29H46O6. The van der Waals surface area contributed by atoms with Crippen LogP contribution in [-0.4, -0.2) is 33.2 Å². The van der Waals surface area contributed by atoms with Crippen LogP contribution in [-0.2, 0) is 12.8 Å². The smallest absolute Gasteiger partial charge is 0.336 e. The van der Waals surface area contributed by atoms with E-state index >= 15 is 0 Å². The number of benzene rings is 1. The second-order valence-corrected chi connectivity index (χ2v) is 10.6. The molecule has 0 aliphatic carbocycles. The van der Waals surface area contributed by atoms with Gasteiger partial charge in [-0.25, -0.2) is 14.4 Å². The highest BCUT2D eigenvalue weighted by Gasteiger charge is 2.27. The lowest BCUT2D eigenvalue weighted by Crippen LogP contribution is -2.18. The van der Waals surface area contributed by atoms with E-state index in [0.717, 1.165) is 51.4 Å². The molecule has 0 atom stereocenters. The van der Waals surface area contributed by atoms with Gasteiger partial charge in [0.15, 0.2) is 0 Å². The van der Waals surface area contributed by atoms with E-state index in [1.165, 1.54) is 18.9 Å². The lowest BCUT2D eigenvalue weighted by Gasteiger charge is -2.18. The molecule has 6 heteroatoms. The first kappa shape index (κ1) is 30.7. The van der Waals surface area contributed by atoms with Crippen molar-refractivity contribution in [1.82, 2.24) is 0 Å². The highest BCUT2D eigenvalue weighted by Crippen LogP contribution is 2.28. The molecule has 0 spiro atoms. The maximum atomic E-state index is 12.3. The largest absolute Gasteiger partial charge is 0.478 e. The Kier molecular flexibility index (Phi) is 14.3. The van der Waals surface area contributed by atoms with E-state index in [9.17, 15) is 29.7 Å². The molecule has 0 saturated carbocycles. The van der Waals surface area contributed by atoms with Crippen LogP contribution in [0.5, 0.6) is 0 Å². The summed E-state index contributed by atoms with van der Waals surface area (Å²) in [6.07, 6.45) is 12.8. The predicted molar refractivity (Wildman–Crippen MR) is 140 cm³/mol. The van der Waals surface area contributed by atoms with Crippen molar-refractivity contribution in [3.63, 3.8) is 0 Å². The van der Waals surface area contributed by atoms with Crippen LogP contribution in [0.1, 0.15) is 147 Å². The summed E-state index contributed by atoms with van der Waals surface area (Å²) in [5.74, 6) is -2.44. The Morgan fingerprint density at radius 1 is 0.571 bits per heavy atom. The molecule has 0 fully saturated rings. The summed E-state index contributed by atoms with van der Waals surface area (Å²) in [6.45, 7) is 8.80. The number of unbranched alkanes of at least 4 members (excludes halogenated alkanes) is 8. The standard InChI is InChI=1S/C29H46O6/c1-20(2)15-11-7-5-9-13-17-22-24(27(30)31)19-25(28(32)33)23(26(22)29(34)35)18-14-10-6-8-12-16-21(3)4/h19-21H,5-18H2,1-4H3,(H,30,31)(H,32,33)(H,34,35). The quantitative estimate of drug-likeness (QED) is 0.170. The molecule has 0 radical (unpaired) electrons. The van der Waals surface area contributed by atoms with Crippen LogP contribution in [0.3, 0.4) is 0 Å². The van der Waals surface area contributed by atoms with Gasteiger partial charge in [-0.15, -0.1) is 0 Å². The van der Waals surface area contributed by atoms with Crippen LogP contribution in [0, 0.1) is 11.8 Å². The summed E-state index contributed by atoms with van der Waals surface area (Å²) >= 11 is 0. The Morgan fingerprint density at radius 2 is 0.914 bits per heavy atom. The zero-order valence-electron chi connectivity index (χ0n) is 22.2. The Labute approximate surface area is 211 Å². The number of hydrogen-bond acceptors (Lipinski definition) is 3. The molecule has 35 heavy (non-hydrogen) atoms. The van der Waals surface area contributed by atoms with Gasteiger partial charge in [0, 0.05) is 0 Å². The summed E-state index contributed by atoms with van der Waals surface area (Å²) in [7, 11) is 0. The van der Waals surface area contributed by atoms with Crippen LogP contribution in [0.4, 0.5) is 0 Å². The highest BCUT2D eigenvalue weighted by atomic mass is 16.4. The lowest BCUT2D eigenvalue weighted by molar-refractivity contribution is 0.0694. The molecule has 0 saturated heterocycles. The summed E-state index contributed by atoms with van der Waals surface area (Å²) in [4.78, 5) is 36.2. The Bertz CT molecular complexity index is 767. The van der Waals surface area contributed by atoms with Gasteiger partial charge in [0.2, 0.25) is 0 Å². The molecular weight excluding hydrogens is 444 g/mol. The average Bonchev–Trinajstić information content (AvgIpc) is 2.76. The van der Waals surface area contributed by atoms with Crippen LogP contribution in [0.15, 0.2) is 6.07 Å². The van der Waals surface area contributed by atoms with Crippen LogP contribution < -0.4 is 0 Å². The minimum Gasteiger partial charge on any atom is -0.478 e. The summed E-state index contributed by atoms with van der Waals surface area (Å²) in [5, 5.41) is 29.5. The normalized spacial score (nSPS) is 11.4. The molecule has 198 valence electrons. The van der Waals surface area contributed by atoms with Crippen molar-refractivity contribution in [2.75, 3.05) is 0 Å². The monoisotopic (exact) mass is 490 g/mol. The van der Waals surface area contributed by atoms with E-state index in [2.05, 4.69) is 27.7 Å². The second-order valence-electron chi connectivity index (χ2n) is 10.6. The zero-order valence-corrected chi connectivity index (χ0v) is 22.2. The lowest BCUT2D eigenvalue weighted by atomic mass is 9.86. The minimum atomic E-state index is -1.28. The third-order valence-corrected chi connectivity index (χ3v) is 6.63. The number of hydrogen-bond donors (Lipinski definition) is 3. The first-order valence-electron chi connectivity index (χ1n) is 13.4. The van der Waals surface area contributed by atoms with E-state index in [4.69, 9.17) is 0 Å². The molecule has 0 aliphatic rings. The van der Waals surface area contributed by atoms with Gasteiger partial charge in [-0.2, -0.15) is 0 Å². The summed E-state index contributed by atoms with van der Waals surface area (Å²) in [5.41, 5.74) is 0.0317. The van der Waals surface area contributed by atoms with E-state index in [-0.39, 0.29) is 27.8 Å². The predicted octanol–water partition coefficient (Wildman–Crippen LogP) is 7.86. The Hall–Kier alpha value is -2.37. The van der Waals surface area contributed by atoms with Crippen molar-refractivity contribution >= 4 is 17.9 Å². The molecule has 1 aromatic carbocycles. The van der Waals surface area contributed by atoms with Gasteiger partial charge in [-0.3, -0.25) is 0 Å². The fourth-order valence-corrected chi connectivity index (χ4v) is 4.70. The maximum Gasteiger partial charge on any atom is 0.336 e. The van der Waals surface area contributed by atoms with Crippen molar-refractivity contribution in [2.45, 2.75) is 118 Å². The minimum absolute atomic E-state index is 0.109. The molecule has 0 amide bonds. The fraction of sp³-hybridized carbons (Fsp3) is 0.690. The second kappa shape index (κ2) is 16.3. The van der Waals surface area contributed by atoms with Gasteiger partial charge >= 0.3 is 17.9 Å². The third-order valence-electron chi connectivity index (χ3n) is 6.63. The van der Waals surface area contributed by atoms with Gasteiger partial charge in [-0.05, 0) is 54.7 Å². The fourth-order valence-electron chi connectivity index (χ4n) is 4.70. The topological polar surface area (TPSA) is 112 Å². The number of carbonyl (C=O) groups is 3. The molecule has 1 rings (SSSR count). The van der Waals surface area contributed by atoms with Crippen LogP contribution in [0.2, 0.25) is 0 Å². The van der Waals surface area contributed by atoms with Gasteiger partial charge in [0.05, 0.1) is 16.7 Å². The van der Waals surface area contributed by atoms with E-state index in [1.54, 1.807) is 0 Å². The SMILES string of the molecule is CC(C)CCCCCCCc1c(C(=O)O)cc(C(=O)O)c(CCCCCCCC(C)C)c1C(=O)O. The summed E-state index contributed by atoms with van der Waals surface area (Å²) < 4.78 is 0. The highest BCUT2D eigenvalue weighted by molar-refractivity contribution is 6.03. The van der Waals surface area contributed by atoms with E-state index in [0.29, 0.717) is 37.5 Å².